The third kappa shape index (κ3) is 2.25. The van der Waals surface area contributed by atoms with Gasteiger partial charge in [-0.15, -0.1) is 0 Å². The molecule has 0 aromatic rings. The minimum absolute atomic E-state index is 0.268. The Morgan fingerprint density at radius 3 is 2.71 bits per heavy atom. The van der Waals surface area contributed by atoms with Gasteiger partial charge >= 0.3 is 0 Å². The van der Waals surface area contributed by atoms with E-state index in [0.29, 0.717) is 18.4 Å². The lowest BCUT2D eigenvalue weighted by atomic mass is 10.1. The second kappa shape index (κ2) is 4.28. The van der Waals surface area contributed by atoms with Crippen molar-refractivity contribution in [2.24, 2.45) is 11.7 Å². The standard InChI is InChI=1S/C10H18N2O2/c11-4-1-5-14-9-6-12(7-9)10(13)8-2-3-8/h8-9H,1-7,11H2. The van der Waals surface area contributed by atoms with Gasteiger partial charge in [0.05, 0.1) is 6.10 Å². The van der Waals surface area contributed by atoms with Gasteiger partial charge in [0.15, 0.2) is 0 Å². The first-order valence-electron chi connectivity index (χ1n) is 5.41. The molecule has 1 aliphatic heterocycles. The summed E-state index contributed by atoms with van der Waals surface area (Å²) in [6, 6.07) is 0. The van der Waals surface area contributed by atoms with E-state index in [1.165, 1.54) is 0 Å². The van der Waals surface area contributed by atoms with Crippen molar-refractivity contribution in [3.05, 3.63) is 0 Å². The maximum atomic E-state index is 11.5. The number of carbonyl (C=O) groups excluding carboxylic acids is 1. The Hall–Kier alpha value is -0.610. The van der Waals surface area contributed by atoms with E-state index in [9.17, 15) is 4.79 Å². The molecule has 0 radical (unpaired) electrons. The van der Waals surface area contributed by atoms with Crippen molar-refractivity contribution in [3.63, 3.8) is 0 Å². The van der Waals surface area contributed by atoms with Crippen LogP contribution in [0.3, 0.4) is 0 Å². The number of likely N-dealkylation sites (tertiary alicyclic amines) is 1. The van der Waals surface area contributed by atoms with Gasteiger partial charge in [-0.3, -0.25) is 4.79 Å². The molecule has 2 aliphatic rings. The lowest BCUT2D eigenvalue weighted by Gasteiger charge is -2.39. The third-order valence-electron chi connectivity index (χ3n) is 2.79. The molecular formula is C10H18N2O2. The quantitative estimate of drug-likeness (QED) is 0.631. The molecule has 0 unspecified atom stereocenters. The van der Waals surface area contributed by atoms with Gasteiger partial charge in [-0.25, -0.2) is 0 Å². The van der Waals surface area contributed by atoms with Gasteiger partial charge in [-0.05, 0) is 25.8 Å². The second-order valence-corrected chi connectivity index (χ2v) is 4.15. The molecule has 80 valence electrons. The van der Waals surface area contributed by atoms with Crippen molar-refractivity contribution in [2.75, 3.05) is 26.2 Å². The smallest absolute Gasteiger partial charge is 0.225 e. The molecule has 1 amide bonds. The first-order chi connectivity index (χ1) is 6.81. The predicted octanol–water partition coefficient (Wildman–Crippen LogP) is -0.0274. The maximum absolute atomic E-state index is 11.5. The second-order valence-electron chi connectivity index (χ2n) is 4.15. The van der Waals surface area contributed by atoms with Crippen molar-refractivity contribution in [2.45, 2.75) is 25.4 Å². The number of ether oxygens (including phenoxy) is 1. The van der Waals surface area contributed by atoms with Crippen LogP contribution in [-0.2, 0) is 9.53 Å². The van der Waals surface area contributed by atoms with Crippen LogP contribution in [0.5, 0.6) is 0 Å². The molecule has 2 rings (SSSR count). The largest absolute Gasteiger partial charge is 0.374 e. The Morgan fingerprint density at radius 1 is 1.43 bits per heavy atom. The molecule has 4 heteroatoms. The van der Waals surface area contributed by atoms with Crippen LogP contribution in [0.15, 0.2) is 0 Å². The fourth-order valence-corrected chi connectivity index (χ4v) is 1.65. The third-order valence-corrected chi connectivity index (χ3v) is 2.79. The lowest BCUT2D eigenvalue weighted by Crippen LogP contribution is -2.55. The number of nitrogens with two attached hydrogens (primary N) is 1. The van der Waals surface area contributed by atoms with Crippen LogP contribution in [0, 0.1) is 5.92 Å². The minimum Gasteiger partial charge on any atom is -0.374 e. The molecule has 14 heavy (non-hydrogen) atoms. The predicted molar refractivity (Wildman–Crippen MR) is 52.7 cm³/mol. The topological polar surface area (TPSA) is 55.6 Å². The van der Waals surface area contributed by atoms with E-state index in [1.54, 1.807) is 0 Å². The van der Waals surface area contributed by atoms with Crippen LogP contribution < -0.4 is 5.73 Å². The molecule has 2 N–H and O–H groups in total. The van der Waals surface area contributed by atoms with E-state index in [4.69, 9.17) is 10.5 Å². The van der Waals surface area contributed by atoms with Crippen molar-refractivity contribution in [1.29, 1.82) is 0 Å². The molecule has 0 spiro atoms. The van der Waals surface area contributed by atoms with Gasteiger partial charge in [0.1, 0.15) is 0 Å². The molecule has 1 aliphatic carbocycles. The van der Waals surface area contributed by atoms with Crippen LogP contribution in [0.2, 0.25) is 0 Å². The monoisotopic (exact) mass is 198 g/mol. The Bertz CT molecular complexity index is 210. The van der Waals surface area contributed by atoms with Gasteiger partial charge in [-0.2, -0.15) is 0 Å². The Morgan fingerprint density at radius 2 is 2.14 bits per heavy atom. The average molecular weight is 198 g/mol. The molecule has 1 saturated heterocycles. The summed E-state index contributed by atoms with van der Waals surface area (Å²) in [5.41, 5.74) is 5.35. The summed E-state index contributed by atoms with van der Waals surface area (Å²) in [6.45, 7) is 2.99. The number of amides is 1. The van der Waals surface area contributed by atoms with Crippen LogP contribution >= 0.6 is 0 Å². The van der Waals surface area contributed by atoms with Crippen molar-refractivity contribution < 1.29 is 9.53 Å². The molecule has 4 nitrogen and oxygen atoms in total. The number of hydrogen-bond acceptors (Lipinski definition) is 3. The van der Waals surface area contributed by atoms with Gasteiger partial charge in [-0.1, -0.05) is 0 Å². The lowest BCUT2D eigenvalue weighted by molar-refractivity contribution is -0.146. The van der Waals surface area contributed by atoms with Crippen LogP contribution in [0.4, 0.5) is 0 Å². The van der Waals surface area contributed by atoms with E-state index in [1.807, 2.05) is 4.90 Å². The number of hydrogen-bond donors (Lipinski definition) is 1. The van der Waals surface area contributed by atoms with E-state index >= 15 is 0 Å². The zero-order valence-corrected chi connectivity index (χ0v) is 8.45. The normalized spacial score (nSPS) is 22.2. The van der Waals surface area contributed by atoms with Crippen LogP contribution in [-0.4, -0.2) is 43.2 Å². The molecule has 0 aromatic carbocycles. The van der Waals surface area contributed by atoms with E-state index in [2.05, 4.69) is 0 Å². The Balaban J connectivity index is 1.57. The molecule has 2 fully saturated rings. The van der Waals surface area contributed by atoms with Crippen molar-refractivity contribution >= 4 is 5.91 Å². The minimum atomic E-state index is 0.268. The van der Waals surface area contributed by atoms with Gasteiger partial charge in [0.25, 0.3) is 0 Å². The molecule has 0 aromatic heterocycles. The molecule has 0 atom stereocenters. The number of carbonyl (C=O) groups is 1. The summed E-state index contributed by atoms with van der Waals surface area (Å²) < 4.78 is 5.53. The highest BCUT2D eigenvalue weighted by molar-refractivity contribution is 5.81. The summed E-state index contributed by atoms with van der Waals surface area (Å²) in [6.07, 6.45) is 3.36. The summed E-state index contributed by atoms with van der Waals surface area (Å²) in [5.74, 6) is 0.684. The average Bonchev–Trinajstić information content (AvgIpc) is 2.90. The SMILES string of the molecule is NCCCOC1CN(C(=O)C2CC2)C1. The van der Waals surface area contributed by atoms with E-state index in [0.717, 1.165) is 39.0 Å². The van der Waals surface area contributed by atoms with Crippen LogP contribution in [0.25, 0.3) is 0 Å². The molecular weight excluding hydrogens is 180 g/mol. The van der Waals surface area contributed by atoms with Gasteiger partial charge in [0.2, 0.25) is 5.91 Å². The highest BCUT2D eigenvalue weighted by Crippen LogP contribution is 2.32. The molecule has 0 bridgehead atoms. The highest BCUT2D eigenvalue weighted by atomic mass is 16.5. The molecule has 1 saturated carbocycles. The first kappa shape index (κ1) is 9.93. The van der Waals surface area contributed by atoms with Gasteiger partial charge in [0, 0.05) is 25.6 Å². The molecule has 1 heterocycles. The van der Waals surface area contributed by atoms with Crippen molar-refractivity contribution in [3.8, 4) is 0 Å². The zero-order valence-electron chi connectivity index (χ0n) is 8.45. The summed E-state index contributed by atoms with van der Waals surface area (Å²) in [4.78, 5) is 13.4. The van der Waals surface area contributed by atoms with Crippen molar-refractivity contribution in [1.82, 2.24) is 4.90 Å². The summed E-state index contributed by atoms with van der Waals surface area (Å²) in [5, 5.41) is 0. The zero-order chi connectivity index (χ0) is 9.97. The maximum Gasteiger partial charge on any atom is 0.225 e. The Kier molecular flexibility index (Phi) is 3.03. The number of rotatable bonds is 5. The van der Waals surface area contributed by atoms with Gasteiger partial charge < -0.3 is 15.4 Å². The fourth-order valence-electron chi connectivity index (χ4n) is 1.65. The van der Waals surface area contributed by atoms with Crippen LogP contribution in [0.1, 0.15) is 19.3 Å². The number of nitrogens with zero attached hydrogens (tertiary/aromatic N) is 1. The fraction of sp³-hybridized carbons (Fsp3) is 0.900. The highest BCUT2D eigenvalue weighted by Gasteiger charge is 2.39. The van der Waals surface area contributed by atoms with E-state index < -0.39 is 0 Å². The first-order valence-corrected chi connectivity index (χ1v) is 5.41. The summed E-state index contributed by atoms with van der Waals surface area (Å²) >= 11 is 0. The Labute approximate surface area is 84.4 Å². The van der Waals surface area contributed by atoms with E-state index in [-0.39, 0.29) is 6.10 Å². The summed E-state index contributed by atoms with van der Waals surface area (Å²) in [7, 11) is 0.